The lowest BCUT2D eigenvalue weighted by Crippen LogP contribution is -2.33. The molecule has 0 aliphatic rings. The summed E-state index contributed by atoms with van der Waals surface area (Å²) in [6.07, 6.45) is 0. The summed E-state index contributed by atoms with van der Waals surface area (Å²) in [5.41, 5.74) is 0.422. The number of hydrogen-bond donors (Lipinski definition) is 2. The van der Waals surface area contributed by atoms with Gasteiger partial charge in [-0.15, -0.1) is 10.2 Å². The number of anilines is 1. The normalized spacial score (nSPS) is 10.7. The summed E-state index contributed by atoms with van der Waals surface area (Å²) in [6, 6.07) is 19.7. The van der Waals surface area contributed by atoms with Crippen molar-refractivity contribution in [2.75, 3.05) is 11.1 Å². The van der Waals surface area contributed by atoms with Gasteiger partial charge in [0.15, 0.2) is 0 Å². The zero-order valence-corrected chi connectivity index (χ0v) is 17.0. The molecule has 0 bridgehead atoms. The molecule has 10 heteroatoms. The first-order valence-corrected chi connectivity index (χ1v) is 10.3. The molecule has 4 rings (SSSR count). The zero-order chi connectivity index (χ0) is 21.6. The molecule has 1 amide bonds. The minimum Gasteiger partial charge on any atom is -0.411 e. The van der Waals surface area contributed by atoms with Gasteiger partial charge in [-0.25, -0.2) is 4.79 Å². The largest absolute Gasteiger partial charge is 0.411 e. The first-order chi connectivity index (χ1) is 15.1. The van der Waals surface area contributed by atoms with E-state index < -0.39 is 17.2 Å². The lowest BCUT2D eigenvalue weighted by atomic mass is 10.2. The number of carbonyl (C=O) groups excluding carboxylic acids is 1. The Bertz CT molecular complexity index is 1300. The van der Waals surface area contributed by atoms with Crippen molar-refractivity contribution in [3.05, 3.63) is 93.1 Å². The second-order valence-electron chi connectivity index (χ2n) is 6.47. The van der Waals surface area contributed by atoms with E-state index in [4.69, 9.17) is 4.42 Å². The zero-order valence-electron chi connectivity index (χ0n) is 16.1. The smallest absolute Gasteiger partial charge is 0.330 e. The predicted molar refractivity (Wildman–Crippen MR) is 116 cm³/mol. The van der Waals surface area contributed by atoms with E-state index in [1.54, 1.807) is 0 Å². The van der Waals surface area contributed by atoms with Crippen LogP contribution in [0.1, 0.15) is 5.56 Å². The summed E-state index contributed by atoms with van der Waals surface area (Å²) in [4.78, 5) is 38.7. The van der Waals surface area contributed by atoms with Gasteiger partial charge in [-0.05, 0) is 17.7 Å². The Morgan fingerprint density at radius 3 is 2.48 bits per heavy atom. The number of nitrogens with zero attached hydrogens (tertiary/aromatic N) is 3. The number of amides is 1. The van der Waals surface area contributed by atoms with Gasteiger partial charge >= 0.3 is 5.69 Å². The minimum atomic E-state index is -0.608. The lowest BCUT2D eigenvalue weighted by molar-refractivity contribution is -0.113. The van der Waals surface area contributed by atoms with Crippen molar-refractivity contribution >= 4 is 23.5 Å². The molecule has 0 saturated carbocycles. The van der Waals surface area contributed by atoms with Gasteiger partial charge < -0.3 is 9.73 Å². The number of hydrogen-bond acceptors (Lipinski definition) is 7. The topological polar surface area (TPSA) is 123 Å². The van der Waals surface area contributed by atoms with Crippen LogP contribution in [0, 0.1) is 0 Å². The molecule has 2 aromatic heterocycles. The highest BCUT2D eigenvalue weighted by molar-refractivity contribution is 7.99. The van der Waals surface area contributed by atoms with Gasteiger partial charge in [-0.2, -0.15) is 0 Å². The van der Waals surface area contributed by atoms with E-state index in [1.807, 2.05) is 60.7 Å². The van der Waals surface area contributed by atoms with E-state index in [2.05, 4.69) is 20.5 Å². The van der Waals surface area contributed by atoms with E-state index >= 15 is 0 Å². The van der Waals surface area contributed by atoms with E-state index in [1.165, 1.54) is 10.6 Å². The second kappa shape index (κ2) is 9.26. The second-order valence-corrected chi connectivity index (χ2v) is 7.40. The molecular formula is C21H17N5O4S. The van der Waals surface area contributed by atoms with Crippen LogP contribution in [0.3, 0.4) is 0 Å². The predicted octanol–water partition coefficient (Wildman–Crippen LogP) is 2.37. The molecule has 2 N–H and O–H groups in total. The molecule has 0 aliphatic heterocycles. The number of aromatic nitrogens is 4. The number of benzene rings is 2. The quantitative estimate of drug-likeness (QED) is 0.427. The molecule has 4 aromatic rings. The van der Waals surface area contributed by atoms with E-state index in [-0.39, 0.29) is 23.3 Å². The Morgan fingerprint density at radius 1 is 1.03 bits per heavy atom. The Hall–Kier alpha value is -3.92. The third-order valence-electron chi connectivity index (χ3n) is 4.24. The number of thioether (sulfide) groups is 1. The van der Waals surface area contributed by atoms with Crippen molar-refractivity contribution in [1.29, 1.82) is 0 Å². The Morgan fingerprint density at radius 2 is 1.74 bits per heavy atom. The summed E-state index contributed by atoms with van der Waals surface area (Å²) >= 11 is 1.06. The van der Waals surface area contributed by atoms with Gasteiger partial charge in [0.1, 0.15) is 5.82 Å². The molecule has 31 heavy (non-hydrogen) atoms. The number of H-pyrrole nitrogens is 1. The van der Waals surface area contributed by atoms with Crippen LogP contribution in [0.4, 0.5) is 5.82 Å². The maximum atomic E-state index is 12.4. The fraction of sp³-hybridized carbons (Fsp3) is 0.0952. The van der Waals surface area contributed by atoms with Crippen molar-refractivity contribution in [3.63, 3.8) is 0 Å². The number of rotatable bonds is 7. The van der Waals surface area contributed by atoms with Gasteiger partial charge in [-0.3, -0.25) is 19.1 Å². The summed E-state index contributed by atoms with van der Waals surface area (Å²) < 4.78 is 6.85. The Labute approximate surface area is 180 Å². The maximum absolute atomic E-state index is 12.4. The van der Waals surface area contributed by atoms with Crippen LogP contribution < -0.4 is 16.6 Å². The minimum absolute atomic E-state index is 0.0389. The summed E-state index contributed by atoms with van der Waals surface area (Å²) in [7, 11) is 0. The van der Waals surface area contributed by atoms with E-state index in [9.17, 15) is 14.4 Å². The molecule has 0 fully saturated rings. The fourth-order valence-electron chi connectivity index (χ4n) is 2.82. The van der Waals surface area contributed by atoms with Crippen LogP contribution in [0.25, 0.3) is 11.5 Å². The van der Waals surface area contributed by atoms with E-state index in [0.717, 1.165) is 22.9 Å². The highest BCUT2D eigenvalue weighted by atomic mass is 32.2. The van der Waals surface area contributed by atoms with Crippen LogP contribution >= 0.6 is 11.8 Å². The molecule has 2 aromatic carbocycles. The fourth-order valence-corrected chi connectivity index (χ4v) is 3.38. The van der Waals surface area contributed by atoms with Gasteiger partial charge in [0.05, 0.1) is 12.3 Å². The van der Waals surface area contributed by atoms with Gasteiger partial charge in [0.25, 0.3) is 10.8 Å². The Kier molecular flexibility index (Phi) is 6.08. The van der Waals surface area contributed by atoms with Crippen molar-refractivity contribution in [1.82, 2.24) is 19.7 Å². The number of carbonyl (C=O) groups is 1. The van der Waals surface area contributed by atoms with Crippen LogP contribution in [0.15, 0.2) is 86.0 Å². The maximum Gasteiger partial charge on any atom is 0.330 e. The average Bonchev–Trinajstić information content (AvgIpc) is 3.25. The van der Waals surface area contributed by atoms with Crippen molar-refractivity contribution in [3.8, 4) is 11.5 Å². The highest BCUT2D eigenvalue weighted by Gasteiger charge is 2.14. The van der Waals surface area contributed by atoms with Crippen molar-refractivity contribution in [2.24, 2.45) is 0 Å². The van der Waals surface area contributed by atoms with Crippen LogP contribution in [0.5, 0.6) is 0 Å². The molecule has 0 spiro atoms. The number of aromatic amines is 1. The molecule has 156 valence electrons. The van der Waals surface area contributed by atoms with Crippen molar-refractivity contribution in [2.45, 2.75) is 11.8 Å². The Balaban J connectivity index is 1.45. The lowest BCUT2D eigenvalue weighted by Gasteiger charge is -2.12. The first-order valence-electron chi connectivity index (χ1n) is 9.28. The number of nitrogens with one attached hydrogen (secondary N) is 2. The SMILES string of the molecule is O=C(CSc1nnc(-c2ccccc2)o1)Nc1cc(=O)[nH]c(=O)n1Cc1ccccc1. The molecular weight excluding hydrogens is 418 g/mol. The third-order valence-corrected chi connectivity index (χ3v) is 5.06. The molecule has 9 nitrogen and oxygen atoms in total. The van der Waals surface area contributed by atoms with Gasteiger partial charge in [0, 0.05) is 11.6 Å². The molecule has 0 unspecified atom stereocenters. The molecule has 0 saturated heterocycles. The van der Waals surface area contributed by atoms with Gasteiger partial charge in [-0.1, -0.05) is 60.3 Å². The summed E-state index contributed by atoms with van der Waals surface area (Å²) in [5.74, 6) is 0.00715. The third kappa shape index (κ3) is 5.17. The van der Waals surface area contributed by atoms with E-state index in [0.29, 0.717) is 5.89 Å². The average molecular weight is 435 g/mol. The van der Waals surface area contributed by atoms with Crippen molar-refractivity contribution < 1.29 is 9.21 Å². The van der Waals surface area contributed by atoms with Gasteiger partial charge in [0.2, 0.25) is 11.8 Å². The molecule has 0 aliphatic carbocycles. The summed E-state index contributed by atoms with van der Waals surface area (Å²) in [5, 5.41) is 10.8. The molecule has 2 heterocycles. The highest BCUT2D eigenvalue weighted by Crippen LogP contribution is 2.22. The monoisotopic (exact) mass is 435 g/mol. The van der Waals surface area contributed by atoms with Crippen LogP contribution in [0.2, 0.25) is 0 Å². The first kappa shape index (κ1) is 20.4. The standard InChI is InChI=1S/C21H17N5O4S/c27-17-11-16(26(20(29)23-17)12-14-7-3-1-4-8-14)22-18(28)13-31-21-25-24-19(30-21)15-9-5-2-6-10-15/h1-11H,12-13H2,(H,22,28)(H,23,27,29). The summed E-state index contributed by atoms with van der Waals surface area (Å²) in [6.45, 7) is 0.198. The van der Waals surface area contributed by atoms with Crippen LogP contribution in [-0.4, -0.2) is 31.4 Å². The molecule has 0 radical (unpaired) electrons. The molecule has 0 atom stereocenters. The van der Waals surface area contributed by atoms with Crippen LogP contribution in [-0.2, 0) is 11.3 Å².